The number of pyridine rings is 1. The van der Waals surface area contributed by atoms with Crippen molar-refractivity contribution in [2.75, 3.05) is 31.1 Å². The third-order valence-corrected chi connectivity index (χ3v) is 5.69. The van der Waals surface area contributed by atoms with Crippen molar-refractivity contribution in [2.45, 2.75) is 25.9 Å². The second kappa shape index (κ2) is 8.68. The van der Waals surface area contributed by atoms with Crippen LogP contribution in [0.4, 0.5) is 10.4 Å². The first-order chi connectivity index (χ1) is 16.2. The van der Waals surface area contributed by atoms with E-state index < -0.39 is 5.67 Å². The van der Waals surface area contributed by atoms with Crippen molar-refractivity contribution in [2.24, 2.45) is 0 Å². The highest BCUT2D eigenvalue weighted by atomic mass is 35.5. The van der Waals surface area contributed by atoms with E-state index in [9.17, 15) is 9.18 Å². The molecule has 9 nitrogen and oxygen atoms in total. The van der Waals surface area contributed by atoms with Gasteiger partial charge in [0.2, 0.25) is 17.4 Å². The number of oxazole rings is 1. The number of piperazine rings is 1. The van der Waals surface area contributed by atoms with Gasteiger partial charge in [-0.25, -0.2) is 9.37 Å². The number of aromatic nitrogens is 4. The number of carbonyl (C=O) groups excluding carboxylic acids is 1. The molecule has 0 N–H and O–H groups in total. The molecular formula is C23H22ClFN6O3. The maximum Gasteiger partial charge on any atom is 0.300 e. The lowest BCUT2D eigenvalue weighted by Gasteiger charge is -2.33. The molecule has 34 heavy (non-hydrogen) atoms. The summed E-state index contributed by atoms with van der Waals surface area (Å²) in [5, 5.41) is 4.27. The quantitative estimate of drug-likeness (QED) is 0.389. The molecule has 0 aliphatic carbocycles. The number of benzene rings is 1. The number of alkyl halides is 1. The third kappa shape index (κ3) is 4.72. The molecule has 176 valence electrons. The Morgan fingerprint density at radius 1 is 1.06 bits per heavy atom. The number of halogens is 2. The van der Waals surface area contributed by atoms with Crippen LogP contribution in [0.15, 0.2) is 45.3 Å². The minimum atomic E-state index is -1.44. The Hall–Kier alpha value is -3.53. The highest BCUT2D eigenvalue weighted by molar-refractivity contribution is 6.29. The summed E-state index contributed by atoms with van der Waals surface area (Å²) < 4.78 is 24.7. The summed E-state index contributed by atoms with van der Waals surface area (Å²) in [6.07, 6.45) is 0.0381. The van der Waals surface area contributed by atoms with Crippen LogP contribution in [0.1, 0.15) is 30.1 Å². The highest BCUT2D eigenvalue weighted by Gasteiger charge is 2.25. The Morgan fingerprint density at radius 3 is 2.50 bits per heavy atom. The average molecular weight is 485 g/mol. The van der Waals surface area contributed by atoms with Crippen LogP contribution < -0.4 is 4.90 Å². The molecule has 4 heterocycles. The van der Waals surface area contributed by atoms with Crippen molar-refractivity contribution in [3.8, 4) is 11.4 Å². The van der Waals surface area contributed by atoms with Gasteiger partial charge in [-0.05, 0) is 38.1 Å². The lowest BCUT2D eigenvalue weighted by Crippen LogP contribution is -2.48. The van der Waals surface area contributed by atoms with Crippen LogP contribution in [0.2, 0.25) is 5.15 Å². The molecule has 0 bridgehead atoms. The predicted octanol–water partition coefficient (Wildman–Crippen LogP) is 4.18. The number of hydrogen-bond acceptors (Lipinski definition) is 8. The molecule has 0 atom stereocenters. The van der Waals surface area contributed by atoms with Gasteiger partial charge in [-0.1, -0.05) is 28.9 Å². The number of hydrogen-bond donors (Lipinski definition) is 0. The average Bonchev–Trinajstić information content (AvgIpc) is 3.44. The normalized spacial score (nSPS) is 14.7. The maximum absolute atomic E-state index is 13.8. The molecular weight excluding hydrogens is 463 g/mol. The van der Waals surface area contributed by atoms with Crippen LogP contribution in [0.5, 0.6) is 0 Å². The Kier molecular flexibility index (Phi) is 5.68. The van der Waals surface area contributed by atoms with Gasteiger partial charge in [0.1, 0.15) is 10.8 Å². The molecule has 11 heteroatoms. The number of amides is 1. The van der Waals surface area contributed by atoms with E-state index in [-0.39, 0.29) is 18.2 Å². The largest absolute Gasteiger partial charge is 0.422 e. The Labute approximate surface area is 199 Å². The molecule has 5 rings (SSSR count). The first-order valence-corrected chi connectivity index (χ1v) is 11.2. The van der Waals surface area contributed by atoms with Crippen molar-refractivity contribution in [3.05, 3.63) is 53.0 Å². The van der Waals surface area contributed by atoms with E-state index in [2.05, 4.69) is 20.1 Å². The molecule has 3 aromatic heterocycles. The van der Waals surface area contributed by atoms with Gasteiger partial charge in [0.25, 0.3) is 11.9 Å². The van der Waals surface area contributed by atoms with Crippen molar-refractivity contribution in [3.63, 3.8) is 0 Å². The fraction of sp³-hybridized carbons (Fsp3) is 0.348. The molecule has 1 saturated heterocycles. The Morgan fingerprint density at radius 2 is 1.79 bits per heavy atom. The lowest BCUT2D eigenvalue weighted by atomic mass is 10.1. The Bertz CT molecular complexity index is 1320. The molecule has 1 aromatic carbocycles. The lowest BCUT2D eigenvalue weighted by molar-refractivity contribution is 0.0745. The maximum atomic E-state index is 13.8. The summed E-state index contributed by atoms with van der Waals surface area (Å²) >= 11 is 5.92. The zero-order valence-corrected chi connectivity index (χ0v) is 19.4. The van der Waals surface area contributed by atoms with Crippen LogP contribution in [0.3, 0.4) is 0 Å². The molecule has 1 aliphatic heterocycles. The molecule has 1 amide bonds. The predicted molar refractivity (Wildman–Crippen MR) is 124 cm³/mol. The zero-order chi connectivity index (χ0) is 23.9. The van der Waals surface area contributed by atoms with Crippen LogP contribution in [-0.4, -0.2) is 62.8 Å². The number of nitrogens with zero attached hydrogens (tertiary/aromatic N) is 6. The van der Waals surface area contributed by atoms with Crippen LogP contribution in [0.25, 0.3) is 22.6 Å². The van der Waals surface area contributed by atoms with Gasteiger partial charge in [0, 0.05) is 37.3 Å². The van der Waals surface area contributed by atoms with Gasteiger partial charge in [-0.3, -0.25) is 4.79 Å². The minimum Gasteiger partial charge on any atom is -0.422 e. The van der Waals surface area contributed by atoms with Crippen LogP contribution in [0, 0.1) is 0 Å². The monoisotopic (exact) mass is 484 g/mol. The minimum absolute atomic E-state index is 0.0381. The van der Waals surface area contributed by atoms with Crippen molar-refractivity contribution in [1.29, 1.82) is 0 Å². The SMILES string of the molecule is CC(C)(F)Cc1nc(-c2ccc(C(=O)N3CCN(c4nc5nc(Cl)ccc5o4)CC3)cc2)no1. The number of fused-ring (bicyclic) bond motifs is 1. The van der Waals surface area contributed by atoms with Crippen LogP contribution in [-0.2, 0) is 6.42 Å². The van der Waals surface area contributed by atoms with E-state index in [0.29, 0.717) is 65.5 Å². The molecule has 4 aromatic rings. The van der Waals surface area contributed by atoms with E-state index >= 15 is 0 Å². The summed E-state index contributed by atoms with van der Waals surface area (Å²) in [4.78, 5) is 29.6. The van der Waals surface area contributed by atoms with Gasteiger partial charge < -0.3 is 18.7 Å². The number of carbonyl (C=O) groups is 1. The van der Waals surface area contributed by atoms with Gasteiger partial charge in [0.15, 0.2) is 5.58 Å². The smallest absolute Gasteiger partial charge is 0.300 e. The van der Waals surface area contributed by atoms with E-state index in [0.717, 1.165) is 0 Å². The van der Waals surface area contributed by atoms with Crippen molar-refractivity contribution in [1.82, 2.24) is 25.0 Å². The highest BCUT2D eigenvalue weighted by Crippen LogP contribution is 2.24. The van der Waals surface area contributed by atoms with Gasteiger partial charge >= 0.3 is 0 Å². The molecule has 0 unspecified atom stereocenters. The number of anilines is 1. The second-order valence-electron chi connectivity index (χ2n) is 8.72. The molecule has 0 spiro atoms. The first-order valence-electron chi connectivity index (χ1n) is 10.8. The fourth-order valence-corrected chi connectivity index (χ4v) is 3.91. The molecule has 0 radical (unpaired) electrons. The summed E-state index contributed by atoms with van der Waals surface area (Å²) in [6.45, 7) is 5.14. The van der Waals surface area contributed by atoms with E-state index in [4.69, 9.17) is 20.5 Å². The van der Waals surface area contributed by atoms with E-state index in [1.807, 2.05) is 4.90 Å². The molecule has 0 saturated carbocycles. The summed E-state index contributed by atoms with van der Waals surface area (Å²) in [6, 6.07) is 10.8. The summed E-state index contributed by atoms with van der Waals surface area (Å²) in [7, 11) is 0. The van der Waals surface area contributed by atoms with Gasteiger partial charge in [0.05, 0.1) is 6.42 Å². The second-order valence-corrected chi connectivity index (χ2v) is 9.10. The topological polar surface area (TPSA) is 101 Å². The van der Waals surface area contributed by atoms with Gasteiger partial charge in [-0.15, -0.1) is 0 Å². The Balaban J connectivity index is 1.21. The zero-order valence-electron chi connectivity index (χ0n) is 18.7. The molecule has 1 aliphatic rings. The van der Waals surface area contributed by atoms with Crippen molar-refractivity contribution < 1.29 is 18.1 Å². The molecule has 1 fully saturated rings. The van der Waals surface area contributed by atoms with Gasteiger partial charge in [-0.2, -0.15) is 9.97 Å². The van der Waals surface area contributed by atoms with Crippen LogP contribution >= 0.6 is 11.6 Å². The summed E-state index contributed by atoms with van der Waals surface area (Å²) in [5.41, 5.74) is 0.849. The van der Waals surface area contributed by atoms with Crippen molar-refractivity contribution >= 4 is 34.8 Å². The first kappa shape index (κ1) is 22.3. The van der Waals surface area contributed by atoms with E-state index in [1.54, 1.807) is 41.3 Å². The fourth-order valence-electron chi connectivity index (χ4n) is 3.77. The summed E-state index contributed by atoms with van der Waals surface area (Å²) in [5.74, 6) is 0.532. The standard InChI is InChI=1S/C23H22ClFN6O3/c1-23(2,25)13-18-27-19(29-34-18)14-3-5-15(6-4-14)21(32)30-9-11-31(12-10-30)22-28-20-16(33-22)7-8-17(24)26-20/h3-8H,9-13H2,1-2H3. The van der Waals surface area contributed by atoms with E-state index in [1.165, 1.54) is 13.8 Å². The third-order valence-electron chi connectivity index (χ3n) is 5.48. The number of rotatable bonds is 5.